The molecular weight excluding hydrogens is 424 g/mol. The van der Waals surface area contributed by atoms with E-state index in [1.807, 2.05) is 24.3 Å². The Morgan fingerprint density at radius 2 is 1.03 bits per heavy atom. The summed E-state index contributed by atoms with van der Waals surface area (Å²) >= 11 is 0. The van der Waals surface area contributed by atoms with E-state index in [-0.39, 0.29) is 0 Å². The molecule has 1 heterocycles. The van der Waals surface area contributed by atoms with Crippen molar-refractivity contribution >= 4 is 0 Å². The SMILES string of the molecule is CCCCCCCCCOc1ccc(-c2ncc(OCCCCCCOCCCC)cn2)cc1. The molecule has 190 valence electrons. The van der Waals surface area contributed by atoms with Crippen LogP contribution in [0.2, 0.25) is 0 Å². The van der Waals surface area contributed by atoms with Gasteiger partial charge in [0, 0.05) is 18.8 Å². The van der Waals surface area contributed by atoms with Gasteiger partial charge in [0.15, 0.2) is 11.6 Å². The van der Waals surface area contributed by atoms with Gasteiger partial charge in [0.05, 0.1) is 25.6 Å². The molecule has 5 nitrogen and oxygen atoms in total. The van der Waals surface area contributed by atoms with Crippen LogP contribution in [0.4, 0.5) is 0 Å². The van der Waals surface area contributed by atoms with Crippen LogP contribution >= 0.6 is 0 Å². The van der Waals surface area contributed by atoms with Gasteiger partial charge in [0.1, 0.15) is 5.75 Å². The molecule has 0 saturated carbocycles. The second-order valence-corrected chi connectivity index (χ2v) is 8.97. The van der Waals surface area contributed by atoms with Crippen LogP contribution in [0.25, 0.3) is 11.4 Å². The summed E-state index contributed by atoms with van der Waals surface area (Å²) in [5.74, 6) is 2.33. The molecule has 5 heteroatoms. The largest absolute Gasteiger partial charge is 0.494 e. The molecule has 0 radical (unpaired) electrons. The zero-order valence-electron chi connectivity index (χ0n) is 21.6. The van der Waals surface area contributed by atoms with Gasteiger partial charge in [-0.15, -0.1) is 0 Å². The average Bonchev–Trinajstić information content (AvgIpc) is 2.87. The molecule has 2 rings (SSSR count). The molecule has 0 atom stereocenters. The van der Waals surface area contributed by atoms with Gasteiger partial charge >= 0.3 is 0 Å². The number of rotatable bonds is 21. The highest BCUT2D eigenvalue weighted by Crippen LogP contribution is 2.21. The maximum absolute atomic E-state index is 5.88. The lowest BCUT2D eigenvalue weighted by molar-refractivity contribution is 0.126. The maximum Gasteiger partial charge on any atom is 0.159 e. The highest BCUT2D eigenvalue weighted by atomic mass is 16.5. The van der Waals surface area contributed by atoms with E-state index in [9.17, 15) is 0 Å². The van der Waals surface area contributed by atoms with Crippen molar-refractivity contribution in [2.24, 2.45) is 0 Å². The Morgan fingerprint density at radius 1 is 0.529 bits per heavy atom. The number of unbranched alkanes of at least 4 members (excludes halogenated alkanes) is 10. The first-order valence-electron chi connectivity index (χ1n) is 13.6. The van der Waals surface area contributed by atoms with Crippen LogP contribution in [0.5, 0.6) is 11.5 Å². The van der Waals surface area contributed by atoms with Gasteiger partial charge in [-0.1, -0.05) is 65.2 Å². The molecule has 0 unspecified atom stereocenters. The molecular formula is C29H46N2O3. The van der Waals surface area contributed by atoms with Gasteiger partial charge in [0.25, 0.3) is 0 Å². The van der Waals surface area contributed by atoms with Crippen molar-refractivity contribution in [3.63, 3.8) is 0 Å². The predicted molar refractivity (Wildman–Crippen MR) is 141 cm³/mol. The van der Waals surface area contributed by atoms with E-state index in [1.165, 1.54) is 51.4 Å². The summed E-state index contributed by atoms with van der Waals surface area (Å²) in [4.78, 5) is 8.93. The smallest absolute Gasteiger partial charge is 0.159 e. The van der Waals surface area contributed by atoms with E-state index in [0.29, 0.717) is 12.4 Å². The van der Waals surface area contributed by atoms with Crippen molar-refractivity contribution in [1.82, 2.24) is 9.97 Å². The predicted octanol–water partition coefficient (Wildman–Crippen LogP) is 8.03. The third kappa shape index (κ3) is 12.9. The van der Waals surface area contributed by atoms with Crippen molar-refractivity contribution in [2.75, 3.05) is 26.4 Å². The number of aromatic nitrogens is 2. The van der Waals surface area contributed by atoms with Gasteiger partial charge in [-0.2, -0.15) is 0 Å². The molecule has 0 N–H and O–H groups in total. The lowest BCUT2D eigenvalue weighted by Crippen LogP contribution is -2.00. The van der Waals surface area contributed by atoms with Gasteiger partial charge in [0.2, 0.25) is 0 Å². The monoisotopic (exact) mass is 470 g/mol. The molecule has 0 saturated heterocycles. The Balaban J connectivity index is 1.56. The topological polar surface area (TPSA) is 53.5 Å². The summed E-state index contributed by atoms with van der Waals surface area (Å²) in [5.41, 5.74) is 0.982. The minimum absolute atomic E-state index is 0.699. The van der Waals surface area contributed by atoms with E-state index >= 15 is 0 Å². The Kier molecular flexibility index (Phi) is 15.9. The number of ether oxygens (including phenoxy) is 3. The molecule has 34 heavy (non-hydrogen) atoms. The second-order valence-electron chi connectivity index (χ2n) is 8.97. The fourth-order valence-corrected chi connectivity index (χ4v) is 3.69. The normalized spacial score (nSPS) is 11.0. The molecule has 1 aromatic heterocycles. The van der Waals surface area contributed by atoms with Gasteiger partial charge in [-0.25, -0.2) is 9.97 Å². The number of hydrogen-bond acceptors (Lipinski definition) is 5. The van der Waals surface area contributed by atoms with Crippen LogP contribution in [0, 0.1) is 0 Å². The summed E-state index contributed by atoms with van der Waals surface area (Å²) in [6.07, 6.45) is 19.4. The summed E-state index contributed by atoms with van der Waals surface area (Å²) in [6, 6.07) is 8.03. The van der Waals surface area contributed by atoms with Crippen molar-refractivity contribution in [1.29, 1.82) is 0 Å². The van der Waals surface area contributed by atoms with Crippen LogP contribution in [-0.4, -0.2) is 36.4 Å². The summed E-state index contributed by atoms with van der Waals surface area (Å²) in [7, 11) is 0. The quantitative estimate of drug-likeness (QED) is 0.173. The first kappa shape index (κ1) is 28.1. The van der Waals surface area contributed by atoms with Gasteiger partial charge in [-0.3, -0.25) is 0 Å². The van der Waals surface area contributed by atoms with Crippen LogP contribution in [-0.2, 0) is 4.74 Å². The molecule has 2 aromatic rings. The number of benzene rings is 1. The summed E-state index contributed by atoms with van der Waals surface area (Å²) < 4.78 is 17.3. The first-order chi connectivity index (χ1) is 16.8. The summed E-state index contributed by atoms with van der Waals surface area (Å²) in [5, 5.41) is 0. The van der Waals surface area contributed by atoms with Crippen molar-refractivity contribution in [3.8, 4) is 22.9 Å². The fraction of sp³-hybridized carbons (Fsp3) is 0.655. The number of nitrogens with zero attached hydrogens (tertiary/aromatic N) is 2. The van der Waals surface area contributed by atoms with Crippen molar-refractivity contribution in [2.45, 2.75) is 97.3 Å². The molecule has 0 bridgehead atoms. The molecule has 0 aliphatic heterocycles. The van der Waals surface area contributed by atoms with E-state index in [2.05, 4.69) is 23.8 Å². The third-order valence-electron chi connectivity index (χ3n) is 5.85. The zero-order chi connectivity index (χ0) is 24.1. The second kappa shape index (κ2) is 19.2. The van der Waals surface area contributed by atoms with Gasteiger partial charge in [-0.05, 0) is 56.4 Å². The lowest BCUT2D eigenvalue weighted by Gasteiger charge is -2.08. The molecule has 1 aromatic carbocycles. The Hall–Kier alpha value is -2.14. The van der Waals surface area contributed by atoms with E-state index in [4.69, 9.17) is 14.2 Å². The maximum atomic E-state index is 5.88. The Bertz CT molecular complexity index is 719. The van der Waals surface area contributed by atoms with Crippen molar-refractivity contribution < 1.29 is 14.2 Å². The van der Waals surface area contributed by atoms with Crippen LogP contribution in [0.1, 0.15) is 97.3 Å². The lowest BCUT2D eigenvalue weighted by atomic mass is 10.1. The van der Waals surface area contributed by atoms with Crippen molar-refractivity contribution in [3.05, 3.63) is 36.7 Å². The fourth-order valence-electron chi connectivity index (χ4n) is 3.69. The number of hydrogen-bond donors (Lipinski definition) is 0. The third-order valence-corrected chi connectivity index (χ3v) is 5.85. The van der Waals surface area contributed by atoms with Gasteiger partial charge < -0.3 is 14.2 Å². The molecule has 0 spiro atoms. The molecule has 0 aliphatic rings. The van der Waals surface area contributed by atoms with Crippen LogP contribution in [0.15, 0.2) is 36.7 Å². The highest BCUT2D eigenvalue weighted by Gasteiger charge is 2.03. The molecule has 0 fully saturated rings. The van der Waals surface area contributed by atoms with Crippen LogP contribution in [0.3, 0.4) is 0 Å². The Labute approximate surface area is 207 Å². The first-order valence-corrected chi connectivity index (χ1v) is 13.6. The minimum Gasteiger partial charge on any atom is -0.494 e. The standard InChI is InChI=1S/C29H46N2O3/c1-3-5-7-8-9-10-14-22-33-27-18-16-26(17-19-27)29-30-24-28(25-31-29)34-23-15-12-11-13-21-32-20-6-4-2/h16-19,24-25H,3-15,20-23H2,1-2H3. The minimum atomic E-state index is 0.699. The highest BCUT2D eigenvalue weighted by molar-refractivity contribution is 5.56. The summed E-state index contributed by atoms with van der Waals surface area (Å²) in [6.45, 7) is 7.70. The Morgan fingerprint density at radius 3 is 1.65 bits per heavy atom. The zero-order valence-corrected chi connectivity index (χ0v) is 21.6. The van der Waals surface area contributed by atoms with E-state index in [1.54, 1.807) is 12.4 Å². The van der Waals surface area contributed by atoms with E-state index in [0.717, 1.165) is 69.0 Å². The van der Waals surface area contributed by atoms with E-state index < -0.39 is 0 Å². The molecule has 0 amide bonds. The van der Waals surface area contributed by atoms with Crippen LogP contribution < -0.4 is 9.47 Å². The molecule has 0 aliphatic carbocycles. The average molecular weight is 471 g/mol.